The van der Waals surface area contributed by atoms with E-state index in [4.69, 9.17) is 0 Å². The second kappa shape index (κ2) is 6.30. The molecule has 0 aromatic carbocycles. The Morgan fingerprint density at radius 1 is 1.47 bits per heavy atom. The van der Waals surface area contributed by atoms with Crippen molar-refractivity contribution in [3.8, 4) is 0 Å². The van der Waals surface area contributed by atoms with Gasteiger partial charge in [0.05, 0.1) is 11.5 Å². The average molecular weight is 306 g/mol. The van der Waals surface area contributed by atoms with E-state index in [1.54, 1.807) is 22.5 Å². The first-order valence-electron chi connectivity index (χ1n) is 6.10. The Morgan fingerprint density at radius 2 is 2.11 bits per heavy atom. The molecule has 0 spiro atoms. The summed E-state index contributed by atoms with van der Waals surface area (Å²) in [5, 5.41) is 9.19. The van der Waals surface area contributed by atoms with Crippen molar-refractivity contribution in [3.05, 3.63) is 18.0 Å². The molecule has 110 valence electrons. The number of thioether (sulfide) groups is 1. The zero-order valence-electron chi connectivity index (χ0n) is 11.8. The van der Waals surface area contributed by atoms with Crippen molar-refractivity contribution in [2.75, 3.05) is 12.8 Å². The molecule has 0 bridgehead atoms. The first-order chi connectivity index (χ1) is 8.75. The third kappa shape index (κ3) is 4.24. The van der Waals surface area contributed by atoms with Gasteiger partial charge in [-0.25, -0.2) is 13.1 Å². The van der Waals surface area contributed by atoms with Gasteiger partial charge in [-0.15, -0.1) is 0 Å². The molecule has 0 aliphatic rings. The number of sulfonamides is 1. The van der Waals surface area contributed by atoms with Crippen LogP contribution in [0.4, 0.5) is 0 Å². The Morgan fingerprint density at radius 3 is 2.53 bits per heavy atom. The molecule has 0 aliphatic heterocycles. The molecular weight excluding hydrogens is 284 g/mol. The lowest BCUT2D eigenvalue weighted by atomic mass is 10.2. The summed E-state index contributed by atoms with van der Waals surface area (Å²) in [6.45, 7) is 6.69. The maximum Gasteiger partial charge on any atom is 0.242 e. The minimum Gasteiger partial charge on any atom is -0.390 e. The highest BCUT2D eigenvalue weighted by Crippen LogP contribution is 2.21. The predicted octanol–water partition coefficient (Wildman–Crippen LogP) is 1.42. The molecule has 1 rings (SSSR count). The van der Waals surface area contributed by atoms with Crippen LogP contribution in [-0.4, -0.2) is 35.6 Å². The number of hydrogen-bond donors (Lipinski definition) is 2. The molecule has 0 atom stereocenters. The van der Waals surface area contributed by atoms with Crippen molar-refractivity contribution in [2.24, 2.45) is 0 Å². The molecule has 1 heterocycles. The quantitative estimate of drug-likeness (QED) is 0.799. The molecule has 19 heavy (non-hydrogen) atoms. The fourth-order valence-electron chi connectivity index (χ4n) is 1.52. The van der Waals surface area contributed by atoms with Crippen molar-refractivity contribution < 1.29 is 13.5 Å². The zero-order valence-corrected chi connectivity index (χ0v) is 13.4. The first-order valence-corrected chi connectivity index (χ1v) is 8.81. The number of aliphatic hydroxyl groups is 1. The smallest absolute Gasteiger partial charge is 0.242 e. The third-order valence-electron chi connectivity index (χ3n) is 3.01. The van der Waals surface area contributed by atoms with E-state index in [1.807, 2.05) is 27.0 Å². The molecular formula is C12H22N2O3S2. The Labute approximate surface area is 119 Å². The van der Waals surface area contributed by atoms with Crippen LogP contribution < -0.4 is 4.72 Å². The van der Waals surface area contributed by atoms with Gasteiger partial charge in [0.25, 0.3) is 0 Å². The van der Waals surface area contributed by atoms with Crippen LogP contribution >= 0.6 is 11.8 Å². The minimum atomic E-state index is -3.52. The van der Waals surface area contributed by atoms with Crippen molar-refractivity contribution in [2.45, 2.75) is 43.6 Å². The highest BCUT2D eigenvalue weighted by molar-refractivity contribution is 8.00. The molecule has 2 N–H and O–H groups in total. The van der Waals surface area contributed by atoms with E-state index in [1.165, 1.54) is 6.07 Å². The number of nitrogens with one attached hydrogen (secondary N) is 1. The molecule has 0 saturated carbocycles. The molecule has 0 radical (unpaired) electrons. The number of aliphatic hydroxyl groups excluding tert-OH is 1. The molecule has 1 aromatic heterocycles. The summed E-state index contributed by atoms with van der Waals surface area (Å²) in [4.78, 5) is 0.204. The number of aryl methyl sites for hydroxylation is 1. The largest absolute Gasteiger partial charge is 0.390 e. The molecule has 0 unspecified atom stereocenters. The Kier molecular flexibility index (Phi) is 5.49. The van der Waals surface area contributed by atoms with Gasteiger partial charge in [-0.05, 0) is 33.1 Å². The van der Waals surface area contributed by atoms with Gasteiger partial charge in [-0.1, -0.05) is 0 Å². The SMILES string of the molecule is CCn1cc(S(=O)(=O)NCC(C)(C)SC)cc1CO. The molecule has 0 amide bonds. The summed E-state index contributed by atoms with van der Waals surface area (Å²) in [5.74, 6) is 0. The summed E-state index contributed by atoms with van der Waals surface area (Å²) in [7, 11) is -3.52. The minimum absolute atomic E-state index is 0.153. The van der Waals surface area contributed by atoms with Gasteiger partial charge in [0.1, 0.15) is 0 Å². The lowest BCUT2D eigenvalue weighted by Crippen LogP contribution is -2.35. The van der Waals surface area contributed by atoms with E-state index < -0.39 is 10.0 Å². The number of aromatic nitrogens is 1. The summed E-state index contributed by atoms with van der Waals surface area (Å²) in [5.41, 5.74) is 0.604. The standard InChI is InChI=1S/C12H22N2O3S2/c1-5-14-7-11(6-10(14)8-15)19(16,17)13-9-12(2,3)18-4/h6-7,13,15H,5,8-9H2,1-4H3. The third-order valence-corrected chi connectivity index (χ3v) is 5.63. The summed E-state index contributed by atoms with van der Waals surface area (Å²) < 4.78 is 28.5. The van der Waals surface area contributed by atoms with E-state index in [0.717, 1.165) is 0 Å². The van der Waals surface area contributed by atoms with Gasteiger partial charge in [0, 0.05) is 29.7 Å². The van der Waals surface area contributed by atoms with Gasteiger partial charge in [-0.2, -0.15) is 11.8 Å². The summed E-state index contributed by atoms with van der Waals surface area (Å²) >= 11 is 1.61. The lowest BCUT2D eigenvalue weighted by molar-refractivity contribution is 0.271. The van der Waals surface area contributed by atoms with Crippen LogP contribution in [0.3, 0.4) is 0 Å². The van der Waals surface area contributed by atoms with Crippen molar-refractivity contribution in [3.63, 3.8) is 0 Å². The topological polar surface area (TPSA) is 71.3 Å². The molecule has 5 nitrogen and oxygen atoms in total. The van der Waals surface area contributed by atoms with E-state index >= 15 is 0 Å². The van der Waals surface area contributed by atoms with Gasteiger partial charge in [0.15, 0.2) is 0 Å². The fraction of sp³-hybridized carbons (Fsp3) is 0.667. The summed E-state index contributed by atoms with van der Waals surface area (Å²) in [6, 6.07) is 1.51. The number of rotatable bonds is 7. The second-order valence-electron chi connectivity index (χ2n) is 4.90. The first kappa shape index (κ1) is 16.6. The predicted molar refractivity (Wildman–Crippen MR) is 78.8 cm³/mol. The maximum atomic E-state index is 12.2. The fourth-order valence-corrected chi connectivity index (χ4v) is 3.11. The van der Waals surface area contributed by atoms with E-state index in [0.29, 0.717) is 18.8 Å². The highest BCUT2D eigenvalue weighted by atomic mass is 32.2. The molecule has 1 aromatic rings. The van der Waals surface area contributed by atoms with Crippen LogP contribution in [0.1, 0.15) is 26.5 Å². The average Bonchev–Trinajstić information content (AvgIpc) is 2.80. The van der Waals surface area contributed by atoms with Gasteiger partial charge < -0.3 is 9.67 Å². The molecule has 0 fully saturated rings. The van der Waals surface area contributed by atoms with E-state index in [9.17, 15) is 13.5 Å². The van der Waals surface area contributed by atoms with Crippen molar-refractivity contribution in [1.82, 2.24) is 9.29 Å². The second-order valence-corrected chi connectivity index (χ2v) is 8.18. The Bertz CT molecular complexity index is 500. The number of nitrogens with zero attached hydrogens (tertiary/aromatic N) is 1. The van der Waals surface area contributed by atoms with Gasteiger partial charge >= 0.3 is 0 Å². The van der Waals surface area contributed by atoms with Gasteiger partial charge in [-0.3, -0.25) is 0 Å². The zero-order chi connectivity index (χ0) is 14.7. The van der Waals surface area contributed by atoms with Crippen LogP contribution in [0.15, 0.2) is 17.2 Å². The maximum absolute atomic E-state index is 12.2. The normalized spacial score (nSPS) is 12.9. The Hall–Kier alpha value is -0.500. The van der Waals surface area contributed by atoms with Gasteiger partial charge in [0.2, 0.25) is 10.0 Å². The van der Waals surface area contributed by atoms with E-state index in [2.05, 4.69) is 4.72 Å². The van der Waals surface area contributed by atoms with Crippen LogP contribution in [0.25, 0.3) is 0 Å². The van der Waals surface area contributed by atoms with Crippen molar-refractivity contribution in [1.29, 1.82) is 0 Å². The lowest BCUT2D eigenvalue weighted by Gasteiger charge is -2.21. The molecule has 0 aliphatic carbocycles. The van der Waals surface area contributed by atoms with Crippen LogP contribution in [0.5, 0.6) is 0 Å². The monoisotopic (exact) mass is 306 g/mol. The molecule has 7 heteroatoms. The van der Waals surface area contributed by atoms with Crippen molar-refractivity contribution >= 4 is 21.8 Å². The van der Waals surface area contributed by atoms with E-state index in [-0.39, 0.29) is 16.2 Å². The summed E-state index contributed by atoms with van der Waals surface area (Å²) in [6.07, 6.45) is 3.51. The highest BCUT2D eigenvalue weighted by Gasteiger charge is 2.22. The molecule has 0 saturated heterocycles. The van der Waals surface area contributed by atoms with Crippen LogP contribution in [0.2, 0.25) is 0 Å². The Balaban J connectivity index is 2.92. The number of hydrogen-bond acceptors (Lipinski definition) is 4. The van der Waals surface area contributed by atoms with Crippen LogP contribution in [0, 0.1) is 0 Å². The van der Waals surface area contributed by atoms with Crippen LogP contribution in [-0.2, 0) is 23.2 Å².